The van der Waals surface area contributed by atoms with Crippen LogP contribution in [0, 0.1) is 0 Å². The van der Waals surface area contributed by atoms with Gasteiger partial charge >= 0.3 is 0 Å². The number of nitrogens with one attached hydrogen (secondary N) is 2. The molecule has 0 spiro atoms. The molecule has 2 rings (SSSR count). The van der Waals surface area contributed by atoms with E-state index in [9.17, 15) is 8.78 Å². The maximum Gasteiger partial charge on any atom is 0.250 e. The highest BCUT2D eigenvalue weighted by molar-refractivity contribution is 5.17. The van der Waals surface area contributed by atoms with Crippen molar-refractivity contribution >= 4 is 0 Å². The Kier molecular flexibility index (Phi) is 2.77. The van der Waals surface area contributed by atoms with E-state index in [-0.39, 0.29) is 6.54 Å². The first-order valence-electron chi connectivity index (χ1n) is 4.79. The van der Waals surface area contributed by atoms with Crippen molar-refractivity contribution in [3.63, 3.8) is 0 Å². The van der Waals surface area contributed by atoms with Crippen LogP contribution in [0.3, 0.4) is 0 Å². The van der Waals surface area contributed by atoms with Crippen LogP contribution in [-0.2, 0) is 6.54 Å². The van der Waals surface area contributed by atoms with Gasteiger partial charge in [-0.15, -0.1) is 0 Å². The molecule has 0 atom stereocenters. The van der Waals surface area contributed by atoms with Gasteiger partial charge in [-0.05, 0) is 18.9 Å². The molecule has 2 N–H and O–H groups in total. The predicted molar refractivity (Wildman–Crippen MR) is 48.3 cm³/mol. The lowest BCUT2D eigenvalue weighted by molar-refractivity contribution is 0.145. The maximum atomic E-state index is 11.8. The lowest BCUT2D eigenvalue weighted by Crippen LogP contribution is -2.20. The average molecular weight is 201 g/mol. The molecular formula is C9H13F2N3. The lowest BCUT2D eigenvalue weighted by Gasteiger charge is -2.00. The fourth-order valence-electron chi connectivity index (χ4n) is 1.37. The molecule has 5 heteroatoms. The highest BCUT2D eigenvalue weighted by atomic mass is 19.3. The quantitative estimate of drug-likeness (QED) is 0.760. The normalized spacial score (nSPS) is 16.5. The van der Waals surface area contributed by atoms with Crippen molar-refractivity contribution in [3.8, 4) is 0 Å². The van der Waals surface area contributed by atoms with Crippen LogP contribution in [0.5, 0.6) is 0 Å². The highest BCUT2D eigenvalue weighted by Gasteiger charge is 2.25. The Bertz CT molecular complexity index is 294. The van der Waals surface area contributed by atoms with Crippen LogP contribution >= 0.6 is 0 Å². The molecule has 14 heavy (non-hydrogen) atoms. The zero-order valence-electron chi connectivity index (χ0n) is 7.76. The second-order valence-electron chi connectivity index (χ2n) is 3.61. The first kappa shape index (κ1) is 9.58. The molecule has 1 fully saturated rings. The van der Waals surface area contributed by atoms with E-state index in [0.29, 0.717) is 12.5 Å². The van der Waals surface area contributed by atoms with Gasteiger partial charge in [-0.25, -0.2) is 8.78 Å². The summed E-state index contributed by atoms with van der Waals surface area (Å²) in [6, 6.07) is 1.95. The summed E-state index contributed by atoms with van der Waals surface area (Å²) in [5.41, 5.74) is 1.95. The first-order valence-corrected chi connectivity index (χ1v) is 4.79. The molecule has 0 amide bonds. The number of hydrogen-bond donors (Lipinski definition) is 2. The molecule has 0 unspecified atom stereocenters. The Morgan fingerprint density at radius 2 is 2.36 bits per heavy atom. The zero-order valence-corrected chi connectivity index (χ0v) is 7.76. The molecule has 1 aliphatic rings. The van der Waals surface area contributed by atoms with Crippen molar-refractivity contribution in [1.82, 2.24) is 15.5 Å². The minimum atomic E-state index is -2.29. The monoisotopic (exact) mass is 201 g/mol. The third-order valence-electron chi connectivity index (χ3n) is 2.26. The van der Waals surface area contributed by atoms with Crippen LogP contribution in [0.15, 0.2) is 6.07 Å². The van der Waals surface area contributed by atoms with Gasteiger partial charge < -0.3 is 5.32 Å². The largest absolute Gasteiger partial charge is 0.306 e. The van der Waals surface area contributed by atoms with E-state index < -0.39 is 6.43 Å². The van der Waals surface area contributed by atoms with Crippen LogP contribution < -0.4 is 5.32 Å². The van der Waals surface area contributed by atoms with Gasteiger partial charge in [0, 0.05) is 18.2 Å². The van der Waals surface area contributed by atoms with Crippen LogP contribution in [0.25, 0.3) is 0 Å². The molecule has 0 aliphatic heterocycles. The van der Waals surface area contributed by atoms with Crippen molar-refractivity contribution in [1.29, 1.82) is 0 Å². The van der Waals surface area contributed by atoms with Gasteiger partial charge in [0.05, 0.1) is 12.2 Å². The fourth-order valence-corrected chi connectivity index (χ4v) is 1.37. The van der Waals surface area contributed by atoms with Crippen LogP contribution in [-0.4, -0.2) is 23.2 Å². The minimum absolute atomic E-state index is 0.266. The van der Waals surface area contributed by atoms with E-state index in [2.05, 4.69) is 15.5 Å². The molecule has 1 aromatic heterocycles. The van der Waals surface area contributed by atoms with Gasteiger partial charge in [-0.2, -0.15) is 5.10 Å². The summed E-state index contributed by atoms with van der Waals surface area (Å²) in [4.78, 5) is 0. The molecule has 0 radical (unpaired) electrons. The van der Waals surface area contributed by atoms with Gasteiger partial charge in [0.25, 0.3) is 6.43 Å². The first-order chi connectivity index (χ1) is 6.75. The zero-order chi connectivity index (χ0) is 9.97. The number of nitrogens with zero attached hydrogens (tertiary/aromatic N) is 1. The summed E-state index contributed by atoms with van der Waals surface area (Å²) in [6.07, 6.45) is 0.115. The molecular weight excluding hydrogens is 188 g/mol. The lowest BCUT2D eigenvalue weighted by atomic mass is 10.3. The van der Waals surface area contributed by atoms with Crippen molar-refractivity contribution in [2.45, 2.75) is 31.7 Å². The molecule has 0 saturated heterocycles. The number of rotatable bonds is 5. The van der Waals surface area contributed by atoms with E-state index >= 15 is 0 Å². The van der Waals surface area contributed by atoms with Crippen LogP contribution in [0.1, 0.15) is 30.1 Å². The van der Waals surface area contributed by atoms with E-state index in [1.165, 1.54) is 12.8 Å². The molecule has 78 valence electrons. The van der Waals surface area contributed by atoms with Crippen molar-refractivity contribution in [2.24, 2.45) is 0 Å². The summed E-state index contributed by atoms with van der Waals surface area (Å²) in [7, 11) is 0. The van der Waals surface area contributed by atoms with Gasteiger partial charge in [0.2, 0.25) is 0 Å². The molecule has 0 bridgehead atoms. The summed E-state index contributed by atoms with van der Waals surface area (Å²) < 4.78 is 23.6. The van der Waals surface area contributed by atoms with Gasteiger partial charge in [-0.3, -0.25) is 5.10 Å². The maximum absolute atomic E-state index is 11.8. The average Bonchev–Trinajstić information content (AvgIpc) is 2.87. The number of aromatic nitrogens is 2. The van der Waals surface area contributed by atoms with Crippen molar-refractivity contribution < 1.29 is 8.78 Å². The molecule has 0 aromatic carbocycles. The molecule has 1 saturated carbocycles. The summed E-state index contributed by atoms with van der Waals surface area (Å²) in [5, 5.41) is 9.62. The Balaban J connectivity index is 1.78. The number of H-pyrrole nitrogens is 1. The predicted octanol–water partition coefficient (Wildman–Crippen LogP) is 1.64. The Hall–Kier alpha value is -0.970. The Morgan fingerprint density at radius 1 is 1.57 bits per heavy atom. The third kappa shape index (κ3) is 2.51. The fraction of sp³-hybridized carbons (Fsp3) is 0.667. The van der Waals surface area contributed by atoms with E-state index in [1.54, 1.807) is 0 Å². The summed E-state index contributed by atoms with van der Waals surface area (Å²) in [5.74, 6) is 0.607. The number of aromatic amines is 1. The smallest absolute Gasteiger partial charge is 0.250 e. The third-order valence-corrected chi connectivity index (χ3v) is 2.26. The van der Waals surface area contributed by atoms with Crippen molar-refractivity contribution in [3.05, 3.63) is 17.5 Å². The molecule has 1 heterocycles. The summed E-state index contributed by atoms with van der Waals surface area (Å²) >= 11 is 0. The Labute approximate surface area is 80.9 Å². The molecule has 3 nitrogen and oxygen atoms in total. The number of hydrogen-bond acceptors (Lipinski definition) is 2. The van der Waals surface area contributed by atoms with Crippen LogP contribution in [0.4, 0.5) is 8.78 Å². The summed E-state index contributed by atoms with van der Waals surface area (Å²) in [6.45, 7) is 0.168. The Morgan fingerprint density at radius 3 is 3.00 bits per heavy atom. The minimum Gasteiger partial charge on any atom is -0.306 e. The van der Waals surface area contributed by atoms with Crippen LogP contribution in [0.2, 0.25) is 0 Å². The van der Waals surface area contributed by atoms with Gasteiger partial charge in [0.15, 0.2) is 0 Å². The number of alkyl halides is 2. The number of halogens is 2. The standard InChI is InChI=1S/C9H13F2N3/c10-9(11)5-12-4-7-3-8(14-13-7)6-1-2-6/h3,6,9,12H,1-2,4-5H2,(H,13,14). The van der Waals surface area contributed by atoms with E-state index in [0.717, 1.165) is 11.4 Å². The molecule has 1 aromatic rings. The SMILES string of the molecule is FC(F)CNCc1cc(C2CC2)n[nH]1. The molecule has 1 aliphatic carbocycles. The van der Waals surface area contributed by atoms with E-state index in [1.807, 2.05) is 6.07 Å². The van der Waals surface area contributed by atoms with Crippen molar-refractivity contribution in [2.75, 3.05) is 6.54 Å². The van der Waals surface area contributed by atoms with Gasteiger partial charge in [0.1, 0.15) is 0 Å². The van der Waals surface area contributed by atoms with Gasteiger partial charge in [-0.1, -0.05) is 0 Å². The topological polar surface area (TPSA) is 40.7 Å². The van der Waals surface area contributed by atoms with E-state index in [4.69, 9.17) is 0 Å². The highest BCUT2D eigenvalue weighted by Crippen LogP contribution is 2.38. The second-order valence-corrected chi connectivity index (χ2v) is 3.61. The second kappa shape index (κ2) is 4.04.